The number of aryl methyl sites for hydroxylation is 3. The standard InChI is InChI=1S/C25H25NO5/c1-15-10-11-16(2)21(12-15)23(27)19-8-6-7-9-20(19)24(28)26(4)14-18-13-22(17(3)31-18)25(29)30-5/h6-13H,14H2,1-5H3. The van der Waals surface area contributed by atoms with Crippen LogP contribution in [-0.2, 0) is 11.3 Å². The molecule has 0 aliphatic rings. The van der Waals surface area contributed by atoms with E-state index in [1.165, 1.54) is 12.0 Å². The summed E-state index contributed by atoms with van der Waals surface area (Å²) in [6.07, 6.45) is 0. The average molecular weight is 419 g/mol. The predicted octanol–water partition coefficient (Wildman–Crippen LogP) is 4.49. The maximum absolute atomic E-state index is 13.2. The molecule has 0 unspecified atom stereocenters. The molecule has 0 saturated heterocycles. The van der Waals surface area contributed by atoms with Crippen LogP contribution in [0.4, 0.5) is 0 Å². The number of benzene rings is 2. The van der Waals surface area contributed by atoms with Crippen molar-refractivity contribution < 1.29 is 23.5 Å². The molecular weight excluding hydrogens is 394 g/mol. The first kappa shape index (κ1) is 22.0. The molecule has 0 spiro atoms. The van der Waals surface area contributed by atoms with E-state index < -0.39 is 5.97 Å². The molecule has 2 aromatic carbocycles. The molecule has 0 aliphatic carbocycles. The van der Waals surface area contributed by atoms with Crippen molar-refractivity contribution >= 4 is 17.7 Å². The van der Waals surface area contributed by atoms with Crippen LogP contribution < -0.4 is 0 Å². The fourth-order valence-corrected chi connectivity index (χ4v) is 3.44. The highest BCUT2D eigenvalue weighted by atomic mass is 16.5. The lowest BCUT2D eigenvalue weighted by molar-refractivity contribution is 0.0598. The quantitative estimate of drug-likeness (QED) is 0.434. The maximum Gasteiger partial charge on any atom is 0.341 e. The van der Waals surface area contributed by atoms with Gasteiger partial charge in [0.1, 0.15) is 17.1 Å². The van der Waals surface area contributed by atoms with E-state index in [2.05, 4.69) is 0 Å². The van der Waals surface area contributed by atoms with Crippen molar-refractivity contribution in [2.45, 2.75) is 27.3 Å². The SMILES string of the molecule is COC(=O)c1cc(CN(C)C(=O)c2ccccc2C(=O)c2cc(C)ccc2C)oc1C. The minimum absolute atomic E-state index is 0.142. The third-order valence-corrected chi connectivity index (χ3v) is 5.15. The van der Waals surface area contributed by atoms with Crippen LogP contribution in [0.2, 0.25) is 0 Å². The van der Waals surface area contributed by atoms with Crippen LogP contribution >= 0.6 is 0 Å². The summed E-state index contributed by atoms with van der Waals surface area (Å²) in [7, 11) is 2.92. The van der Waals surface area contributed by atoms with Crippen LogP contribution in [0.5, 0.6) is 0 Å². The van der Waals surface area contributed by atoms with Crippen molar-refractivity contribution in [1.29, 1.82) is 0 Å². The highest BCUT2D eigenvalue weighted by molar-refractivity contribution is 6.15. The normalized spacial score (nSPS) is 10.6. The Balaban J connectivity index is 1.88. The smallest absolute Gasteiger partial charge is 0.341 e. The van der Waals surface area contributed by atoms with Gasteiger partial charge < -0.3 is 14.1 Å². The molecule has 1 amide bonds. The van der Waals surface area contributed by atoms with Gasteiger partial charge in [0, 0.05) is 18.2 Å². The molecule has 0 bridgehead atoms. The molecule has 0 atom stereocenters. The third-order valence-electron chi connectivity index (χ3n) is 5.15. The van der Waals surface area contributed by atoms with Crippen molar-refractivity contribution in [3.8, 4) is 0 Å². The summed E-state index contributed by atoms with van der Waals surface area (Å²) in [5.41, 5.74) is 3.39. The number of methoxy groups -OCH3 is 1. The summed E-state index contributed by atoms with van der Waals surface area (Å²) in [6, 6.07) is 14.0. The molecule has 0 N–H and O–H groups in total. The number of amides is 1. The van der Waals surface area contributed by atoms with E-state index >= 15 is 0 Å². The summed E-state index contributed by atoms with van der Waals surface area (Å²) in [6.45, 7) is 5.61. The zero-order valence-electron chi connectivity index (χ0n) is 18.3. The van der Waals surface area contributed by atoms with Gasteiger partial charge in [-0.3, -0.25) is 9.59 Å². The first-order chi connectivity index (χ1) is 14.7. The minimum Gasteiger partial charge on any atom is -0.465 e. The van der Waals surface area contributed by atoms with Crippen molar-refractivity contribution in [3.05, 3.63) is 93.4 Å². The van der Waals surface area contributed by atoms with Gasteiger partial charge >= 0.3 is 5.97 Å². The highest BCUT2D eigenvalue weighted by Crippen LogP contribution is 2.22. The number of carbonyl (C=O) groups is 3. The van der Waals surface area contributed by atoms with E-state index in [0.717, 1.165) is 11.1 Å². The number of esters is 1. The summed E-state index contributed by atoms with van der Waals surface area (Å²) in [5, 5.41) is 0. The third kappa shape index (κ3) is 4.58. The monoisotopic (exact) mass is 419 g/mol. The first-order valence-corrected chi connectivity index (χ1v) is 9.87. The zero-order valence-corrected chi connectivity index (χ0v) is 18.3. The predicted molar refractivity (Wildman–Crippen MR) is 116 cm³/mol. The highest BCUT2D eigenvalue weighted by Gasteiger charge is 2.23. The molecule has 1 heterocycles. The Morgan fingerprint density at radius 3 is 2.26 bits per heavy atom. The van der Waals surface area contributed by atoms with Gasteiger partial charge in [-0.05, 0) is 44.5 Å². The lowest BCUT2D eigenvalue weighted by atomic mass is 9.94. The van der Waals surface area contributed by atoms with E-state index in [4.69, 9.17) is 9.15 Å². The fraction of sp³-hybridized carbons (Fsp3) is 0.240. The molecule has 3 rings (SSSR count). The largest absolute Gasteiger partial charge is 0.465 e. The van der Waals surface area contributed by atoms with E-state index in [9.17, 15) is 14.4 Å². The second-order valence-electron chi connectivity index (χ2n) is 7.53. The topological polar surface area (TPSA) is 76.8 Å². The second kappa shape index (κ2) is 9.00. The number of rotatable bonds is 6. The molecule has 160 valence electrons. The number of hydrogen-bond donors (Lipinski definition) is 0. The molecule has 6 heteroatoms. The van der Waals surface area contributed by atoms with Gasteiger partial charge in [0.15, 0.2) is 5.78 Å². The summed E-state index contributed by atoms with van der Waals surface area (Å²) in [4.78, 5) is 39.7. The van der Waals surface area contributed by atoms with E-state index in [1.807, 2.05) is 32.0 Å². The molecule has 3 aromatic rings. The van der Waals surface area contributed by atoms with Crippen molar-refractivity contribution in [3.63, 3.8) is 0 Å². The molecule has 0 radical (unpaired) electrons. The molecule has 0 fully saturated rings. The van der Waals surface area contributed by atoms with Gasteiger partial charge in [-0.1, -0.05) is 35.9 Å². The van der Waals surface area contributed by atoms with Crippen LogP contribution in [-0.4, -0.2) is 36.7 Å². The van der Waals surface area contributed by atoms with Crippen molar-refractivity contribution in [2.75, 3.05) is 14.2 Å². The van der Waals surface area contributed by atoms with Crippen LogP contribution in [0.25, 0.3) is 0 Å². The zero-order chi connectivity index (χ0) is 22.7. The van der Waals surface area contributed by atoms with Gasteiger partial charge in [0.05, 0.1) is 19.2 Å². The van der Waals surface area contributed by atoms with Gasteiger partial charge in [-0.25, -0.2) is 4.79 Å². The second-order valence-corrected chi connectivity index (χ2v) is 7.53. The van der Waals surface area contributed by atoms with E-state index in [-0.39, 0.29) is 18.2 Å². The summed E-state index contributed by atoms with van der Waals surface area (Å²) in [5.74, 6) is -0.130. The maximum atomic E-state index is 13.2. The van der Waals surface area contributed by atoms with E-state index in [0.29, 0.717) is 33.8 Å². The van der Waals surface area contributed by atoms with Gasteiger partial charge in [0.2, 0.25) is 0 Å². The molecule has 0 aliphatic heterocycles. The molecule has 1 aromatic heterocycles. The minimum atomic E-state index is -0.494. The lowest BCUT2D eigenvalue weighted by Gasteiger charge is -2.18. The fourth-order valence-electron chi connectivity index (χ4n) is 3.44. The summed E-state index contributed by atoms with van der Waals surface area (Å²) >= 11 is 0. The number of ether oxygens (including phenoxy) is 1. The Morgan fingerprint density at radius 1 is 0.903 bits per heavy atom. The Morgan fingerprint density at radius 2 is 1.58 bits per heavy atom. The van der Waals surface area contributed by atoms with Gasteiger partial charge in [-0.2, -0.15) is 0 Å². The number of furan rings is 1. The molecular formula is C25H25NO5. The Hall–Kier alpha value is -3.67. The number of ketones is 1. The molecule has 6 nitrogen and oxygen atoms in total. The van der Waals surface area contributed by atoms with Gasteiger partial charge in [-0.15, -0.1) is 0 Å². The number of nitrogens with zero attached hydrogens (tertiary/aromatic N) is 1. The molecule has 31 heavy (non-hydrogen) atoms. The van der Waals surface area contributed by atoms with Gasteiger partial charge in [0.25, 0.3) is 5.91 Å². The Bertz CT molecular complexity index is 1160. The van der Waals surface area contributed by atoms with Crippen LogP contribution in [0.15, 0.2) is 52.9 Å². The first-order valence-electron chi connectivity index (χ1n) is 9.87. The number of hydrogen-bond acceptors (Lipinski definition) is 5. The van der Waals surface area contributed by atoms with Crippen molar-refractivity contribution in [1.82, 2.24) is 4.90 Å². The van der Waals surface area contributed by atoms with Crippen LogP contribution in [0, 0.1) is 20.8 Å². The average Bonchev–Trinajstić information content (AvgIpc) is 3.13. The Labute approximate surface area is 181 Å². The Kier molecular flexibility index (Phi) is 6.39. The number of carbonyl (C=O) groups excluding carboxylic acids is 3. The van der Waals surface area contributed by atoms with Crippen molar-refractivity contribution in [2.24, 2.45) is 0 Å². The lowest BCUT2D eigenvalue weighted by Crippen LogP contribution is -2.27. The van der Waals surface area contributed by atoms with E-state index in [1.54, 1.807) is 44.3 Å². The molecule has 0 saturated carbocycles. The van der Waals surface area contributed by atoms with Crippen LogP contribution in [0.3, 0.4) is 0 Å². The summed E-state index contributed by atoms with van der Waals surface area (Å²) < 4.78 is 10.3. The van der Waals surface area contributed by atoms with Crippen LogP contribution in [0.1, 0.15) is 59.3 Å².